The molecule has 0 N–H and O–H groups in total. The van der Waals surface area contributed by atoms with E-state index >= 15 is 0 Å². The second-order valence-electron chi connectivity index (χ2n) is 8.15. The zero-order chi connectivity index (χ0) is 25.8. The van der Waals surface area contributed by atoms with Crippen LogP contribution in [0, 0.1) is 11.6 Å². The van der Waals surface area contributed by atoms with Gasteiger partial charge < -0.3 is 0 Å². The van der Waals surface area contributed by atoms with Crippen LogP contribution in [0.3, 0.4) is 0 Å². The predicted octanol–water partition coefficient (Wildman–Crippen LogP) is 9.10. The summed E-state index contributed by atoms with van der Waals surface area (Å²) in [6.45, 7) is 0. The van der Waals surface area contributed by atoms with Gasteiger partial charge in [-0.15, -0.1) is 0 Å². The molecule has 0 aliphatic heterocycles. The summed E-state index contributed by atoms with van der Waals surface area (Å²) in [5, 5.41) is 0.531. The molecule has 5 rings (SSSR count). The minimum Gasteiger partial charge on any atom is -0.289 e. The third-order valence-corrected chi connectivity index (χ3v) is 9.08. The lowest BCUT2D eigenvalue weighted by Gasteiger charge is -2.09. The van der Waals surface area contributed by atoms with Crippen LogP contribution in [0.25, 0.3) is 0 Å². The van der Waals surface area contributed by atoms with E-state index in [1.165, 1.54) is 24.3 Å². The highest BCUT2D eigenvalue weighted by Crippen LogP contribution is 2.34. The van der Waals surface area contributed by atoms with Crippen molar-refractivity contribution in [2.75, 3.05) is 0 Å². The average Bonchev–Trinajstić information content (AvgIpc) is 2.92. The minimum absolute atomic E-state index is 0.0722. The van der Waals surface area contributed by atoms with E-state index in [0.717, 1.165) is 24.5 Å². The van der Waals surface area contributed by atoms with Gasteiger partial charge >= 0.3 is 0 Å². The number of carbonyl (C=O) groups excluding carboxylic acids is 1. The number of benzene rings is 5. The van der Waals surface area contributed by atoms with Gasteiger partial charge in [0.05, 0.1) is 10.9 Å². The third-order valence-electron chi connectivity index (χ3n) is 5.60. The Morgan fingerprint density at radius 1 is 0.595 bits per heavy atom. The highest BCUT2D eigenvalue weighted by molar-refractivity contribution is 7.99. The zero-order valence-electron chi connectivity index (χ0n) is 19.4. The van der Waals surface area contributed by atoms with E-state index in [0.29, 0.717) is 16.1 Å². The van der Waals surface area contributed by atoms with Crippen LogP contribution in [-0.4, -0.2) is 5.78 Å². The molecule has 0 atom stereocenters. The first-order chi connectivity index (χ1) is 18.0. The summed E-state index contributed by atoms with van der Waals surface area (Å²) < 4.78 is 27.1. The topological polar surface area (TPSA) is 17.1 Å². The average molecular weight is 546 g/mol. The van der Waals surface area contributed by atoms with Crippen molar-refractivity contribution in [1.29, 1.82) is 0 Å². The molecular weight excluding hydrogens is 526 g/mol. The number of hydrogen-bond donors (Lipinski definition) is 0. The molecular formula is C31H20ClF2OS2+. The van der Waals surface area contributed by atoms with Crippen molar-refractivity contribution in [2.24, 2.45) is 0 Å². The van der Waals surface area contributed by atoms with Gasteiger partial charge in [0.1, 0.15) is 11.6 Å². The van der Waals surface area contributed by atoms with Gasteiger partial charge in [0, 0.05) is 25.9 Å². The smallest absolute Gasteiger partial charge is 0.193 e. The van der Waals surface area contributed by atoms with Crippen LogP contribution in [0.15, 0.2) is 146 Å². The number of carbonyl (C=O) groups is 1. The van der Waals surface area contributed by atoms with Crippen molar-refractivity contribution in [3.63, 3.8) is 0 Å². The van der Waals surface area contributed by atoms with Crippen LogP contribution in [0.5, 0.6) is 0 Å². The summed E-state index contributed by atoms with van der Waals surface area (Å²) >= 11 is 7.61. The fraction of sp³-hybridized carbons (Fsp3) is 0. The maximum atomic E-state index is 13.6. The van der Waals surface area contributed by atoms with E-state index in [9.17, 15) is 13.6 Å². The Bertz CT molecular complexity index is 1470. The van der Waals surface area contributed by atoms with E-state index in [1.54, 1.807) is 60.3 Å². The summed E-state index contributed by atoms with van der Waals surface area (Å²) in [6.07, 6.45) is 0. The first kappa shape index (κ1) is 25.3. The van der Waals surface area contributed by atoms with Gasteiger partial charge in [0.2, 0.25) is 0 Å². The Morgan fingerprint density at radius 3 is 1.54 bits per heavy atom. The molecule has 0 saturated heterocycles. The first-order valence-corrected chi connectivity index (χ1v) is 13.8. The number of ketones is 1. The molecule has 37 heavy (non-hydrogen) atoms. The van der Waals surface area contributed by atoms with Gasteiger partial charge in [-0.1, -0.05) is 35.5 Å². The first-order valence-electron chi connectivity index (χ1n) is 11.4. The van der Waals surface area contributed by atoms with Gasteiger partial charge in [-0.25, -0.2) is 8.78 Å². The highest BCUT2D eigenvalue weighted by Gasteiger charge is 2.28. The molecule has 0 bridgehead atoms. The van der Waals surface area contributed by atoms with Crippen LogP contribution < -0.4 is 0 Å². The molecule has 0 saturated carbocycles. The van der Waals surface area contributed by atoms with E-state index in [1.807, 2.05) is 36.4 Å². The molecule has 6 heteroatoms. The largest absolute Gasteiger partial charge is 0.289 e. The quantitative estimate of drug-likeness (QED) is 0.150. The van der Waals surface area contributed by atoms with Crippen molar-refractivity contribution in [2.45, 2.75) is 24.5 Å². The summed E-state index contributed by atoms with van der Waals surface area (Å²) in [6, 6.07) is 35.5. The third kappa shape index (κ3) is 6.13. The molecule has 0 radical (unpaired) electrons. The number of halogens is 3. The van der Waals surface area contributed by atoms with Gasteiger partial charge in [0.25, 0.3) is 0 Å². The predicted molar refractivity (Wildman–Crippen MR) is 147 cm³/mol. The summed E-state index contributed by atoms with van der Waals surface area (Å²) in [7, 11) is -0.504. The summed E-state index contributed by atoms with van der Waals surface area (Å²) in [5.41, 5.74) is 1.16. The van der Waals surface area contributed by atoms with E-state index in [4.69, 9.17) is 11.6 Å². The summed E-state index contributed by atoms with van der Waals surface area (Å²) in [5.74, 6) is -0.658. The Balaban J connectivity index is 1.35. The zero-order valence-corrected chi connectivity index (χ0v) is 21.8. The SMILES string of the molecule is O=C(c1ccc(Sc2ccc([S+](c3ccc(F)cc3)c3ccc(F)cc3)cc2)cc1)c1cccc(Cl)c1. The summed E-state index contributed by atoms with van der Waals surface area (Å²) in [4.78, 5) is 17.7. The van der Waals surface area contributed by atoms with Crippen molar-refractivity contribution < 1.29 is 13.6 Å². The Labute approximate surface area is 226 Å². The van der Waals surface area contributed by atoms with Crippen molar-refractivity contribution >= 4 is 40.0 Å². The second kappa shape index (κ2) is 11.3. The lowest BCUT2D eigenvalue weighted by Crippen LogP contribution is -2.05. The maximum Gasteiger partial charge on any atom is 0.193 e. The molecule has 182 valence electrons. The molecule has 0 aliphatic carbocycles. The minimum atomic E-state index is -0.504. The van der Waals surface area contributed by atoms with Gasteiger partial charge in [0.15, 0.2) is 20.5 Å². The molecule has 5 aromatic carbocycles. The molecule has 5 aromatic rings. The van der Waals surface area contributed by atoms with Crippen LogP contribution in [0.1, 0.15) is 15.9 Å². The van der Waals surface area contributed by atoms with Gasteiger partial charge in [-0.2, -0.15) is 0 Å². The molecule has 0 amide bonds. The lowest BCUT2D eigenvalue weighted by molar-refractivity contribution is 0.103. The lowest BCUT2D eigenvalue weighted by atomic mass is 10.0. The number of hydrogen-bond acceptors (Lipinski definition) is 2. The van der Waals surface area contributed by atoms with E-state index in [-0.39, 0.29) is 17.4 Å². The Kier molecular flexibility index (Phi) is 7.75. The van der Waals surface area contributed by atoms with Crippen LogP contribution in [0.4, 0.5) is 8.78 Å². The molecule has 0 heterocycles. The van der Waals surface area contributed by atoms with Crippen LogP contribution in [-0.2, 0) is 10.9 Å². The monoisotopic (exact) mass is 545 g/mol. The standard InChI is InChI=1S/C31H20ClF2OS2/c32-23-3-1-2-22(20-23)31(35)21-4-10-26(11-5-21)36-27-12-18-30(19-13-27)37(28-14-6-24(33)7-15-28)29-16-8-25(34)9-17-29/h1-20H/q+1. The maximum absolute atomic E-state index is 13.6. The van der Waals surface area contributed by atoms with Crippen LogP contribution >= 0.6 is 23.4 Å². The second-order valence-corrected chi connectivity index (χ2v) is 11.8. The fourth-order valence-electron chi connectivity index (χ4n) is 3.80. The molecule has 0 unspecified atom stereocenters. The molecule has 0 aromatic heterocycles. The van der Waals surface area contributed by atoms with Crippen molar-refractivity contribution in [3.8, 4) is 0 Å². The highest BCUT2D eigenvalue weighted by atomic mass is 35.5. The van der Waals surface area contributed by atoms with Gasteiger partial charge in [-0.3, -0.25) is 4.79 Å². The van der Waals surface area contributed by atoms with E-state index < -0.39 is 10.9 Å². The Morgan fingerprint density at radius 2 is 1.05 bits per heavy atom. The Hall–Kier alpha value is -3.38. The van der Waals surface area contributed by atoms with Gasteiger partial charge in [-0.05, 0) is 109 Å². The van der Waals surface area contributed by atoms with E-state index in [2.05, 4.69) is 12.1 Å². The molecule has 0 fully saturated rings. The molecule has 0 aliphatic rings. The van der Waals surface area contributed by atoms with Crippen LogP contribution in [0.2, 0.25) is 5.02 Å². The number of rotatable bonds is 7. The molecule has 1 nitrogen and oxygen atoms in total. The van der Waals surface area contributed by atoms with Crippen molar-refractivity contribution in [1.82, 2.24) is 0 Å². The molecule has 0 spiro atoms. The van der Waals surface area contributed by atoms with Crippen molar-refractivity contribution in [3.05, 3.63) is 149 Å². The fourth-order valence-corrected chi connectivity index (χ4v) is 6.85. The normalized spacial score (nSPS) is 11.0.